The van der Waals surface area contributed by atoms with Gasteiger partial charge in [0.05, 0.1) is 12.0 Å². The highest BCUT2D eigenvalue weighted by molar-refractivity contribution is 9.10. The highest BCUT2D eigenvalue weighted by atomic mass is 79.9. The molecule has 0 heterocycles. The van der Waals surface area contributed by atoms with E-state index >= 15 is 0 Å². The number of benzene rings is 1. The van der Waals surface area contributed by atoms with Gasteiger partial charge in [0.1, 0.15) is 0 Å². The SMILES string of the molecule is FC(F)(F)CCNc1ccc(C(F)(F)F)cc1Br. The standard InChI is InChI=1S/C10H8BrF6N/c11-7-5-6(10(15,16)17)1-2-8(7)18-4-3-9(12,13)14/h1-2,5,18H,3-4H2. The van der Waals surface area contributed by atoms with E-state index < -0.39 is 30.9 Å². The molecule has 0 atom stereocenters. The first-order valence-electron chi connectivity index (χ1n) is 4.77. The van der Waals surface area contributed by atoms with Gasteiger partial charge in [-0.25, -0.2) is 0 Å². The fraction of sp³-hybridized carbons (Fsp3) is 0.400. The Labute approximate surface area is 107 Å². The Morgan fingerprint density at radius 3 is 2.11 bits per heavy atom. The number of hydrogen-bond donors (Lipinski definition) is 1. The van der Waals surface area contributed by atoms with Gasteiger partial charge in [-0.1, -0.05) is 0 Å². The molecule has 1 aromatic carbocycles. The first kappa shape index (κ1) is 15.1. The van der Waals surface area contributed by atoms with Crippen LogP contribution in [-0.2, 0) is 6.18 Å². The summed E-state index contributed by atoms with van der Waals surface area (Å²) in [6.45, 7) is -0.395. The molecule has 0 saturated carbocycles. The van der Waals surface area contributed by atoms with Gasteiger partial charge in [-0.3, -0.25) is 0 Å². The number of anilines is 1. The molecule has 8 heteroatoms. The third-order valence-electron chi connectivity index (χ3n) is 2.02. The molecule has 0 aromatic heterocycles. The zero-order chi connectivity index (χ0) is 14.0. The van der Waals surface area contributed by atoms with Crippen molar-refractivity contribution in [3.8, 4) is 0 Å². The van der Waals surface area contributed by atoms with E-state index in [0.717, 1.165) is 18.2 Å². The minimum atomic E-state index is -4.48. The Morgan fingerprint density at radius 2 is 1.67 bits per heavy atom. The Morgan fingerprint density at radius 1 is 1.06 bits per heavy atom. The van der Waals surface area contributed by atoms with Crippen LogP contribution in [0.25, 0.3) is 0 Å². The molecule has 1 aromatic rings. The van der Waals surface area contributed by atoms with Gasteiger partial charge in [0, 0.05) is 16.7 Å². The second-order valence-corrected chi connectivity index (χ2v) is 4.34. The van der Waals surface area contributed by atoms with Crippen LogP contribution in [0.15, 0.2) is 22.7 Å². The summed E-state index contributed by atoms with van der Waals surface area (Å²) in [5, 5.41) is 2.41. The van der Waals surface area contributed by atoms with Gasteiger partial charge in [-0.05, 0) is 34.1 Å². The lowest BCUT2D eigenvalue weighted by Gasteiger charge is -2.12. The van der Waals surface area contributed by atoms with Crippen molar-refractivity contribution < 1.29 is 26.3 Å². The lowest BCUT2D eigenvalue weighted by Crippen LogP contribution is -2.15. The van der Waals surface area contributed by atoms with Crippen LogP contribution in [0.5, 0.6) is 0 Å². The smallest absolute Gasteiger partial charge is 0.384 e. The van der Waals surface area contributed by atoms with Crippen LogP contribution < -0.4 is 5.32 Å². The monoisotopic (exact) mass is 335 g/mol. The van der Waals surface area contributed by atoms with Crippen molar-refractivity contribution in [2.45, 2.75) is 18.8 Å². The molecule has 1 nitrogen and oxygen atoms in total. The lowest BCUT2D eigenvalue weighted by molar-refractivity contribution is -0.137. The molecule has 102 valence electrons. The summed E-state index contributed by atoms with van der Waals surface area (Å²) >= 11 is 2.88. The van der Waals surface area contributed by atoms with Gasteiger partial charge in [0.2, 0.25) is 0 Å². The normalized spacial score (nSPS) is 12.6. The van der Waals surface area contributed by atoms with Crippen molar-refractivity contribution in [1.29, 1.82) is 0 Å². The fourth-order valence-electron chi connectivity index (χ4n) is 1.17. The molecule has 0 radical (unpaired) electrons. The van der Waals surface area contributed by atoms with E-state index in [0.29, 0.717) is 0 Å². The Kier molecular flexibility index (Phi) is 4.52. The predicted molar refractivity (Wildman–Crippen MR) is 58.3 cm³/mol. The third-order valence-corrected chi connectivity index (χ3v) is 2.68. The second kappa shape index (κ2) is 5.38. The number of nitrogens with one attached hydrogen (secondary N) is 1. The van der Waals surface area contributed by atoms with Gasteiger partial charge in [0.25, 0.3) is 0 Å². The largest absolute Gasteiger partial charge is 0.416 e. The maximum absolute atomic E-state index is 12.3. The summed E-state index contributed by atoms with van der Waals surface area (Å²) in [5.41, 5.74) is -0.678. The molecule has 0 saturated heterocycles. The fourth-order valence-corrected chi connectivity index (χ4v) is 1.69. The molecular formula is C10H8BrF6N. The van der Waals surface area contributed by atoms with Crippen LogP contribution in [0, 0.1) is 0 Å². The van der Waals surface area contributed by atoms with Crippen molar-refractivity contribution in [2.75, 3.05) is 11.9 Å². The molecule has 0 amide bonds. The van der Waals surface area contributed by atoms with Crippen LogP contribution in [0.4, 0.5) is 32.0 Å². The van der Waals surface area contributed by atoms with Gasteiger partial charge in [-0.2, -0.15) is 26.3 Å². The molecule has 0 aliphatic rings. The Bertz CT molecular complexity index is 412. The van der Waals surface area contributed by atoms with E-state index in [1.54, 1.807) is 0 Å². The maximum atomic E-state index is 12.3. The first-order valence-corrected chi connectivity index (χ1v) is 5.56. The van der Waals surface area contributed by atoms with Crippen LogP contribution in [0.1, 0.15) is 12.0 Å². The van der Waals surface area contributed by atoms with Crippen LogP contribution in [0.3, 0.4) is 0 Å². The average molecular weight is 336 g/mol. The summed E-state index contributed by atoms with van der Waals surface area (Å²) in [6.07, 6.45) is -9.83. The van der Waals surface area contributed by atoms with Crippen LogP contribution in [-0.4, -0.2) is 12.7 Å². The average Bonchev–Trinajstić information content (AvgIpc) is 2.17. The molecule has 1 N–H and O–H groups in total. The molecule has 0 unspecified atom stereocenters. The van der Waals surface area contributed by atoms with Gasteiger partial charge in [0.15, 0.2) is 0 Å². The zero-order valence-electron chi connectivity index (χ0n) is 8.79. The van der Waals surface area contributed by atoms with E-state index in [1.165, 1.54) is 0 Å². The summed E-state index contributed by atoms with van der Waals surface area (Å²) in [4.78, 5) is 0. The van der Waals surface area contributed by atoms with Gasteiger partial charge < -0.3 is 5.32 Å². The van der Waals surface area contributed by atoms with Crippen molar-refractivity contribution >= 4 is 21.6 Å². The number of rotatable bonds is 3. The molecule has 0 aliphatic carbocycles. The minimum absolute atomic E-state index is 0.0690. The van der Waals surface area contributed by atoms with E-state index in [1.807, 2.05) is 0 Å². The Hall–Kier alpha value is -0.920. The third kappa shape index (κ3) is 4.75. The van der Waals surface area contributed by atoms with Crippen molar-refractivity contribution in [3.63, 3.8) is 0 Å². The molecule has 0 fully saturated rings. The van der Waals surface area contributed by atoms with Gasteiger partial charge >= 0.3 is 12.4 Å². The quantitative estimate of drug-likeness (QED) is 0.780. The highest BCUT2D eigenvalue weighted by Gasteiger charge is 2.31. The van der Waals surface area contributed by atoms with Crippen LogP contribution in [0.2, 0.25) is 0 Å². The first-order chi connectivity index (χ1) is 8.09. The molecular weight excluding hydrogens is 328 g/mol. The Balaban J connectivity index is 2.69. The molecule has 1 rings (SSSR count). The zero-order valence-corrected chi connectivity index (χ0v) is 10.4. The van der Waals surface area contributed by atoms with E-state index in [9.17, 15) is 26.3 Å². The van der Waals surface area contributed by atoms with E-state index in [4.69, 9.17) is 0 Å². The molecule has 0 aliphatic heterocycles. The number of alkyl halides is 6. The van der Waals surface area contributed by atoms with Crippen molar-refractivity contribution in [3.05, 3.63) is 28.2 Å². The topological polar surface area (TPSA) is 12.0 Å². The van der Waals surface area contributed by atoms with E-state index in [2.05, 4.69) is 21.2 Å². The number of hydrogen-bond acceptors (Lipinski definition) is 1. The summed E-state index contributed by atoms with van der Waals surface area (Å²) in [5.74, 6) is 0. The summed E-state index contributed by atoms with van der Waals surface area (Å²) < 4.78 is 72.7. The summed E-state index contributed by atoms with van der Waals surface area (Å²) in [6, 6.07) is 2.71. The lowest BCUT2D eigenvalue weighted by atomic mass is 10.2. The van der Waals surface area contributed by atoms with E-state index in [-0.39, 0.29) is 10.2 Å². The number of halogens is 7. The van der Waals surface area contributed by atoms with Crippen molar-refractivity contribution in [1.82, 2.24) is 0 Å². The molecule has 18 heavy (non-hydrogen) atoms. The minimum Gasteiger partial charge on any atom is -0.384 e. The second-order valence-electron chi connectivity index (χ2n) is 3.48. The van der Waals surface area contributed by atoms with Crippen molar-refractivity contribution in [2.24, 2.45) is 0 Å². The van der Waals surface area contributed by atoms with Gasteiger partial charge in [-0.15, -0.1) is 0 Å². The predicted octanol–water partition coefficient (Wildman–Crippen LogP) is 4.83. The highest BCUT2D eigenvalue weighted by Crippen LogP contribution is 2.34. The molecule has 0 bridgehead atoms. The maximum Gasteiger partial charge on any atom is 0.416 e. The van der Waals surface area contributed by atoms with Crippen LogP contribution >= 0.6 is 15.9 Å². The summed E-state index contributed by atoms with van der Waals surface area (Å²) in [7, 11) is 0. The molecule has 0 spiro atoms.